The average molecular weight is 280 g/mol. The number of allylic oxidation sites excluding steroid dienone is 1. The molecular weight excluding hydrogens is 260 g/mol. The third-order valence-corrected chi connectivity index (χ3v) is 3.79. The van der Waals surface area contributed by atoms with E-state index < -0.39 is 0 Å². The third-order valence-electron chi connectivity index (χ3n) is 3.79. The Morgan fingerprint density at radius 1 is 1.05 bits per heavy atom. The zero-order valence-corrected chi connectivity index (χ0v) is 12.5. The van der Waals surface area contributed by atoms with E-state index in [1.165, 1.54) is 16.8 Å². The summed E-state index contributed by atoms with van der Waals surface area (Å²) in [4.78, 5) is 0. The molecule has 0 saturated heterocycles. The Labute approximate surface area is 125 Å². The fourth-order valence-corrected chi connectivity index (χ4v) is 2.54. The molecule has 1 heterocycles. The molecule has 21 heavy (non-hydrogen) atoms. The molecule has 0 radical (unpaired) electrons. The summed E-state index contributed by atoms with van der Waals surface area (Å²) in [6.07, 6.45) is 0.944. The predicted octanol–water partition coefficient (Wildman–Crippen LogP) is 3.54. The van der Waals surface area contributed by atoms with Crippen LogP contribution in [0, 0.1) is 0 Å². The van der Waals surface area contributed by atoms with Gasteiger partial charge in [0.05, 0.1) is 19.3 Å². The topological polar surface area (TPSA) is 24.5 Å². The van der Waals surface area contributed by atoms with E-state index in [-0.39, 0.29) is 0 Å². The highest BCUT2D eigenvalue weighted by Crippen LogP contribution is 2.24. The van der Waals surface area contributed by atoms with Crippen molar-refractivity contribution in [3.8, 4) is 5.75 Å². The Kier molecular flexibility index (Phi) is 3.82. The number of hydrogen-bond donors (Lipinski definition) is 1. The number of rotatable bonds is 4. The lowest BCUT2D eigenvalue weighted by molar-refractivity contribution is 0.415. The summed E-state index contributed by atoms with van der Waals surface area (Å²) in [5, 5.41) is 2.17. The van der Waals surface area contributed by atoms with E-state index in [0.29, 0.717) is 0 Å². The molecule has 0 bridgehead atoms. The molecule has 1 N–H and O–H groups in total. The fourth-order valence-electron chi connectivity index (χ4n) is 2.54. The smallest absolute Gasteiger partial charge is 0.119 e. The van der Waals surface area contributed by atoms with Gasteiger partial charge in [0, 0.05) is 12.1 Å². The SMILES string of the molecule is COc1ccc(N2CC(C)=C(Cc3ccccc3)N2)cc1. The van der Waals surface area contributed by atoms with Gasteiger partial charge in [0.15, 0.2) is 0 Å². The Morgan fingerprint density at radius 3 is 2.43 bits per heavy atom. The van der Waals surface area contributed by atoms with Gasteiger partial charge >= 0.3 is 0 Å². The maximum absolute atomic E-state index is 5.20. The Balaban J connectivity index is 1.70. The summed E-state index contributed by atoms with van der Waals surface area (Å²) in [5.74, 6) is 0.882. The average Bonchev–Trinajstić information content (AvgIpc) is 2.89. The Bertz CT molecular complexity index is 632. The molecule has 1 aliphatic rings. The van der Waals surface area contributed by atoms with Gasteiger partial charge in [-0.25, -0.2) is 0 Å². The normalized spacial score (nSPS) is 14.3. The minimum atomic E-state index is 0.882. The van der Waals surface area contributed by atoms with Gasteiger partial charge in [-0.2, -0.15) is 0 Å². The van der Waals surface area contributed by atoms with Crippen molar-refractivity contribution in [2.24, 2.45) is 0 Å². The van der Waals surface area contributed by atoms with E-state index in [4.69, 9.17) is 4.74 Å². The molecular formula is C18H20N2O. The van der Waals surface area contributed by atoms with Gasteiger partial charge in [-0.3, -0.25) is 5.01 Å². The van der Waals surface area contributed by atoms with Gasteiger partial charge in [-0.1, -0.05) is 30.3 Å². The molecule has 2 aromatic carbocycles. The lowest BCUT2D eigenvalue weighted by atomic mass is 10.1. The molecule has 0 atom stereocenters. The lowest BCUT2D eigenvalue weighted by Crippen LogP contribution is -2.32. The zero-order chi connectivity index (χ0) is 14.7. The molecule has 2 aromatic rings. The summed E-state index contributed by atoms with van der Waals surface area (Å²) < 4.78 is 5.20. The van der Waals surface area contributed by atoms with Crippen molar-refractivity contribution < 1.29 is 4.74 Å². The Hall–Kier alpha value is -2.42. The first-order valence-electron chi connectivity index (χ1n) is 7.17. The second kappa shape index (κ2) is 5.92. The van der Waals surface area contributed by atoms with Crippen LogP contribution in [-0.4, -0.2) is 13.7 Å². The standard InChI is InChI=1S/C18H20N2O/c1-14-13-20(16-8-10-17(21-2)11-9-16)19-18(14)12-15-6-4-3-5-7-15/h3-11,19H,12-13H2,1-2H3. The predicted molar refractivity (Wildman–Crippen MR) is 86.3 cm³/mol. The monoisotopic (exact) mass is 280 g/mol. The quantitative estimate of drug-likeness (QED) is 0.927. The van der Waals surface area contributed by atoms with E-state index >= 15 is 0 Å². The van der Waals surface area contributed by atoms with Crippen LogP contribution in [0.5, 0.6) is 5.75 Å². The number of hydrazine groups is 1. The van der Waals surface area contributed by atoms with Crippen LogP contribution in [0.1, 0.15) is 12.5 Å². The van der Waals surface area contributed by atoms with Crippen LogP contribution >= 0.6 is 0 Å². The first-order chi connectivity index (χ1) is 10.3. The number of ether oxygens (including phenoxy) is 1. The van der Waals surface area contributed by atoms with E-state index in [0.717, 1.165) is 24.4 Å². The summed E-state index contributed by atoms with van der Waals surface area (Å²) in [7, 11) is 1.69. The minimum absolute atomic E-state index is 0.882. The summed E-state index contributed by atoms with van der Waals surface area (Å²) in [5.41, 5.74) is 8.67. The van der Waals surface area contributed by atoms with Crippen molar-refractivity contribution in [2.45, 2.75) is 13.3 Å². The highest BCUT2D eigenvalue weighted by molar-refractivity contribution is 5.52. The molecule has 3 rings (SSSR count). The molecule has 1 aliphatic heterocycles. The van der Waals surface area contributed by atoms with Crippen molar-refractivity contribution in [1.29, 1.82) is 0 Å². The van der Waals surface area contributed by atoms with E-state index in [1.54, 1.807) is 7.11 Å². The maximum atomic E-state index is 5.20. The third kappa shape index (κ3) is 3.02. The fraction of sp³-hybridized carbons (Fsp3) is 0.222. The molecule has 0 amide bonds. The van der Waals surface area contributed by atoms with Gasteiger partial charge in [-0.05, 0) is 42.3 Å². The number of methoxy groups -OCH3 is 1. The zero-order valence-electron chi connectivity index (χ0n) is 12.5. The Morgan fingerprint density at radius 2 is 1.76 bits per heavy atom. The van der Waals surface area contributed by atoms with Crippen LogP contribution in [0.4, 0.5) is 5.69 Å². The second-order valence-electron chi connectivity index (χ2n) is 5.32. The van der Waals surface area contributed by atoms with Gasteiger partial charge in [-0.15, -0.1) is 0 Å². The van der Waals surface area contributed by atoms with Gasteiger partial charge in [0.1, 0.15) is 5.75 Å². The van der Waals surface area contributed by atoms with Crippen molar-refractivity contribution in [1.82, 2.24) is 5.43 Å². The molecule has 0 aliphatic carbocycles. The minimum Gasteiger partial charge on any atom is -0.497 e. The molecule has 3 heteroatoms. The van der Waals surface area contributed by atoms with Crippen molar-refractivity contribution in [3.63, 3.8) is 0 Å². The molecule has 0 unspecified atom stereocenters. The number of nitrogens with one attached hydrogen (secondary N) is 1. The number of anilines is 1. The van der Waals surface area contributed by atoms with E-state index in [9.17, 15) is 0 Å². The largest absolute Gasteiger partial charge is 0.497 e. The van der Waals surface area contributed by atoms with E-state index in [1.807, 2.05) is 12.1 Å². The first kappa shape index (κ1) is 13.6. The first-order valence-corrected chi connectivity index (χ1v) is 7.17. The van der Waals surface area contributed by atoms with Gasteiger partial charge in [0.2, 0.25) is 0 Å². The highest BCUT2D eigenvalue weighted by Gasteiger charge is 2.18. The maximum Gasteiger partial charge on any atom is 0.119 e. The van der Waals surface area contributed by atoms with E-state index in [2.05, 4.69) is 59.8 Å². The summed E-state index contributed by atoms with van der Waals surface area (Å²) in [6.45, 7) is 3.10. The molecule has 0 fully saturated rings. The van der Waals surface area contributed by atoms with Crippen LogP contribution in [-0.2, 0) is 6.42 Å². The summed E-state index contributed by atoms with van der Waals surface area (Å²) >= 11 is 0. The van der Waals surface area contributed by atoms with Crippen LogP contribution in [0.3, 0.4) is 0 Å². The number of benzene rings is 2. The van der Waals surface area contributed by atoms with Gasteiger partial charge in [0.25, 0.3) is 0 Å². The highest BCUT2D eigenvalue weighted by atomic mass is 16.5. The molecule has 0 saturated carbocycles. The molecule has 0 aromatic heterocycles. The second-order valence-corrected chi connectivity index (χ2v) is 5.32. The van der Waals surface area contributed by atoms with Crippen molar-refractivity contribution in [3.05, 3.63) is 71.4 Å². The molecule has 3 nitrogen and oxygen atoms in total. The van der Waals surface area contributed by atoms with Crippen LogP contribution < -0.4 is 15.2 Å². The van der Waals surface area contributed by atoms with Crippen molar-refractivity contribution in [2.75, 3.05) is 18.7 Å². The van der Waals surface area contributed by atoms with Crippen LogP contribution in [0.25, 0.3) is 0 Å². The van der Waals surface area contributed by atoms with Crippen LogP contribution in [0.2, 0.25) is 0 Å². The molecule has 108 valence electrons. The van der Waals surface area contributed by atoms with Crippen molar-refractivity contribution >= 4 is 5.69 Å². The number of hydrogen-bond acceptors (Lipinski definition) is 3. The van der Waals surface area contributed by atoms with Crippen LogP contribution in [0.15, 0.2) is 65.9 Å². The van der Waals surface area contributed by atoms with Gasteiger partial charge < -0.3 is 10.2 Å². The number of nitrogens with zero attached hydrogens (tertiary/aromatic N) is 1. The lowest BCUT2D eigenvalue weighted by Gasteiger charge is -2.20. The summed E-state index contributed by atoms with van der Waals surface area (Å²) in [6, 6.07) is 18.7. The molecule has 0 spiro atoms.